The van der Waals surface area contributed by atoms with Crippen molar-refractivity contribution >= 4 is 5.97 Å². The molecule has 1 N–H and O–H groups in total. The van der Waals surface area contributed by atoms with Gasteiger partial charge in [0.2, 0.25) is 0 Å². The molecule has 0 aliphatic carbocycles. The number of hydrogen-bond donors (Lipinski definition) is 1. The van der Waals surface area contributed by atoms with Crippen molar-refractivity contribution in [1.82, 2.24) is 9.78 Å². The van der Waals surface area contributed by atoms with Crippen molar-refractivity contribution in [3.8, 4) is 11.8 Å². The summed E-state index contributed by atoms with van der Waals surface area (Å²) in [5.74, 6) is 2.49. The summed E-state index contributed by atoms with van der Waals surface area (Å²) in [6.45, 7) is -1.22. The number of alkyl halides is 3. The van der Waals surface area contributed by atoms with Gasteiger partial charge in [0.25, 0.3) is 0 Å². The molecule has 0 saturated heterocycles. The van der Waals surface area contributed by atoms with Crippen molar-refractivity contribution in [2.24, 2.45) is 0 Å². The van der Waals surface area contributed by atoms with Gasteiger partial charge in [0.1, 0.15) is 12.2 Å². The normalized spacial score (nSPS) is 10.6. The molecule has 15 heavy (non-hydrogen) atoms. The van der Waals surface area contributed by atoms with Crippen LogP contribution in [0, 0.1) is 11.8 Å². The summed E-state index contributed by atoms with van der Waals surface area (Å²) < 4.78 is 36.3. The highest BCUT2D eigenvalue weighted by molar-refractivity contribution is 5.87. The van der Waals surface area contributed by atoms with E-state index in [1.807, 2.05) is 0 Å². The van der Waals surface area contributed by atoms with Gasteiger partial charge in [0, 0.05) is 12.1 Å². The molecule has 0 radical (unpaired) electrons. The second-order valence-corrected chi connectivity index (χ2v) is 2.57. The standard InChI is InChI=1S/C8H5F3N2O2/c9-8(10,11)5-13-4-3-6(12-13)1-2-7(14)15/h3-4H,5H2,(H,14,15). The number of aliphatic carboxylic acids is 1. The molecule has 1 rings (SSSR count). The molecule has 0 aliphatic rings. The van der Waals surface area contributed by atoms with Gasteiger partial charge in [-0.2, -0.15) is 18.3 Å². The number of aromatic nitrogens is 2. The molecule has 1 aromatic heterocycles. The smallest absolute Gasteiger partial charge is 0.408 e. The van der Waals surface area contributed by atoms with Crippen LogP contribution < -0.4 is 0 Å². The lowest BCUT2D eigenvalue weighted by atomic mass is 10.4. The van der Waals surface area contributed by atoms with Gasteiger partial charge >= 0.3 is 12.1 Å². The Labute approximate surface area is 82.3 Å². The fraction of sp³-hybridized carbons (Fsp3) is 0.250. The first-order valence-electron chi connectivity index (χ1n) is 3.72. The third kappa shape index (κ3) is 4.17. The van der Waals surface area contributed by atoms with E-state index in [1.165, 1.54) is 6.07 Å². The molecule has 0 spiro atoms. The molecule has 0 bridgehead atoms. The average Bonchev–Trinajstić information content (AvgIpc) is 2.45. The zero-order valence-electron chi connectivity index (χ0n) is 7.25. The number of carbonyl (C=O) groups is 1. The molecule has 0 atom stereocenters. The van der Waals surface area contributed by atoms with Crippen molar-refractivity contribution in [2.75, 3.05) is 0 Å². The third-order valence-electron chi connectivity index (χ3n) is 1.28. The van der Waals surface area contributed by atoms with Crippen molar-refractivity contribution < 1.29 is 23.1 Å². The minimum absolute atomic E-state index is 0.0124. The van der Waals surface area contributed by atoms with Crippen LogP contribution in [0.2, 0.25) is 0 Å². The summed E-state index contributed by atoms with van der Waals surface area (Å²) in [6.07, 6.45) is -3.27. The average molecular weight is 218 g/mol. The van der Waals surface area contributed by atoms with Gasteiger partial charge in [-0.3, -0.25) is 4.68 Å². The maximum atomic E-state index is 11.9. The summed E-state index contributed by atoms with van der Waals surface area (Å²) >= 11 is 0. The monoisotopic (exact) mass is 218 g/mol. The molecule has 0 saturated carbocycles. The van der Waals surface area contributed by atoms with Crippen molar-refractivity contribution in [3.63, 3.8) is 0 Å². The lowest BCUT2D eigenvalue weighted by Crippen LogP contribution is -2.17. The highest BCUT2D eigenvalue weighted by atomic mass is 19.4. The first-order valence-corrected chi connectivity index (χ1v) is 3.72. The highest BCUT2D eigenvalue weighted by Crippen LogP contribution is 2.16. The molecule has 0 fully saturated rings. The molecule has 1 aromatic rings. The SMILES string of the molecule is O=C(O)C#Cc1ccn(CC(F)(F)F)n1. The van der Waals surface area contributed by atoms with E-state index in [4.69, 9.17) is 5.11 Å². The molecule has 1 heterocycles. The number of carboxylic acid groups (broad SMARTS) is 1. The summed E-state index contributed by atoms with van der Waals surface area (Å²) in [5, 5.41) is 11.6. The van der Waals surface area contributed by atoms with Crippen LogP contribution in [0.5, 0.6) is 0 Å². The van der Waals surface area contributed by atoms with Crippen LogP contribution >= 0.6 is 0 Å². The molecule has 0 aliphatic heterocycles. The van der Waals surface area contributed by atoms with Crippen molar-refractivity contribution in [2.45, 2.75) is 12.7 Å². The van der Waals surface area contributed by atoms with E-state index in [0.29, 0.717) is 4.68 Å². The molecular weight excluding hydrogens is 213 g/mol. The van der Waals surface area contributed by atoms with Gasteiger partial charge in [0.05, 0.1) is 0 Å². The Bertz CT molecular complexity index is 425. The number of carboxylic acids is 1. The van der Waals surface area contributed by atoms with E-state index < -0.39 is 18.7 Å². The van der Waals surface area contributed by atoms with Crippen LogP contribution in [0.15, 0.2) is 12.3 Å². The third-order valence-corrected chi connectivity index (χ3v) is 1.28. The van der Waals surface area contributed by atoms with Gasteiger partial charge < -0.3 is 5.11 Å². The minimum Gasteiger partial charge on any atom is -0.472 e. The Balaban J connectivity index is 2.74. The minimum atomic E-state index is -4.36. The Kier molecular flexibility index (Phi) is 2.99. The number of halogens is 3. The maximum absolute atomic E-state index is 11.9. The first kappa shape index (κ1) is 11.1. The zero-order valence-corrected chi connectivity index (χ0v) is 7.25. The summed E-state index contributed by atoms with van der Waals surface area (Å²) in [4.78, 5) is 10.0. The van der Waals surface area contributed by atoms with Crippen LogP contribution in [0.25, 0.3) is 0 Å². The van der Waals surface area contributed by atoms with Crippen LogP contribution in [0.3, 0.4) is 0 Å². The van der Waals surface area contributed by atoms with Crippen molar-refractivity contribution in [1.29, 1.82) is 0 Å². The van der Waals surface area contributed by atoms with E-state index in [-0.39, 0.29) is 5.69 Å². The topological polar surface area (TPSA) is 55.1 Å². The molecular formula is C8H5F3N2O2. The molecule has 0 aromatic carbocycles. The van der Waals surface area contributed by atoms with Crippen molar-refractivity contribution in [3.05, 3.63) is 18.0 Å². The van der Waals surface area contributed by atoms with Crippen LogP contribution in [-0.4, -0.2) is 27.0 Å². The lowest BCUT2D eigenvalue weighted by Gasteiger charge is -2.04. The predicted molar refractivity (Wildman–Crippen MR) is 42.8 cm³/mol. The zero-order chi connectivity index (χ0) is 11.5. The summed E-state index contributed by atoms with van der Waals surface area (Å²) in [5.41, 5.74) is -0.0124. The van der Waals surface area contributed by atoms with E-state index in [2.05, 4.69) is 11.0 Å². The Morgan fingerprint density at radius 3 is 2.80 bits per heavy atom. The Morgan fingerprint density at radius 2 is 2.27 bits per heavy atom. The number of hydrogen-bond acceptors (Lipinski definition) is 2. The lowest BCUT2D eigenvalue weighted by molar-refractivity contribution is -0.142. The molecule has 0 amide bonds. The molecule has 80 valence electrons. The van der Waals surface area contributed by atoms with Gasteiger partial charge in [-0.25, -0.2) is 4.79 Å². The fourth-order valence-corrected chi connectivity index (χ4v) is 0.818. The van der Waals surface area contributed by atoms with Gasteiger partial charge in [0.15, 0.2) is 0 Å². The van der Waals surface area contributed by atoms with Gasteiger partial charge in [-0.15, -0.1) is 0 Å². The first-order chi connectivity index (χ1) is 6.87. The van der Waals surface area contributed by atoms with Crippen LogP contribution in [0.1, 0.15) is 5.69 Å². The van der Waals surface area contributed by atoms with Crippen LogP contribution in [-0.2, 0) is 11.3 Å². The fourth-order valence-electron chi connectivity index (χ4n) is 0.818. The second-order valence-electron chi connectivity index (χ2n) is 2.57. The second kappa shape index (κ2) is 4.04. The Morgan fingerprint density at radius 1 is 1.60 bits per heavy atom. The van der Waals surface area contributed by atoms with Gasteiger partial charge in [-0.05, 0) is 12.0 Å². The molecule has 0 unspecified atom stereocenters. The Hall–Kier alpha value is -1.97. The summed E-state index contributed by atoms with van der Waals surface area (Å²) in [6, 6.07) is 1.21. The quantitative estimate of drug-likeness (QED) is 0.712. The van der Waals surface area contributed by atoms with E-state index in [9.17, 15) is 18.0 Å². The van der Waals surface area contributed by atoms with E-state index in [1.54, 1.807) is 5.92 Å². The number of nitrogens with zero attached hydrogens (tertiary/aromatic N) is 2. The summed E-state index contributed by atoms with van der Waals surface area (Å²) in [7, 11) is 0. The maximum Gasteiger partial charge on any atom is 0.408 e. The van der Waals surface area contributed by atoms with E-state index in [0.717, 1.165) is 6.20 Å². The van der Waals surface area contributed by atoms with Crippen LogP contribution in [0.4, 0.5) is 13.2 Å². The molecule has 4 nitrogen and oxygen atoms in total. The highest BCUT2D eigenvalue weighted by Gasteiger charge is 2.28. The van der Waals surface area contributed by atoms with Gasteiger partial charge in [-0.1, -0.05) is 0 Å². The largest absolute Gasteiger partial charge is 0.472 e. The predicted octanol–water partition coefficient (Wildman–Crippen LogP) is 0.882. The number of rotatable bonds is 1. The molecule has 7 heteroatoms. The van der Waals surface area contributed by atoms with E-state index >= 15 is 0 Å².